The third kappa shape index (κ3) is 2.77. The molecular weight excluding hydrogens is 232 g/mol. The van der Waals surface area contributed by atoms with E-state index >= 15 is 0 Å². The first kappa shape index (κ1) is 13.6. The SMILES string of the molecule is CC1=CC(C)=C(c2ccc3ccccc3c2)C1.CO. The molecule has 0 bridgehead atoms. The Morgan fingerprint density at radius 1 is 0.895 bits per heavy atom. The zero-order valence-corrected chi connectivity index (χ0v) is 11.8. The van der Waals surface area contributed by atoms with Crippen molar-refractivity contribution in [3.8, 4) is 0 Å². The molecule has 3 rings (SSSR count). The lowest BCUT2D eigenvalue weighted by Gasteiger charge is -2.07. The van der Waals surface area contributed by atoms with E-state index < -0.39 is 0 Å². The van der Waals surface area contributed by atoms with Crippen LogP contribution in [-0.4, -0.2) is 12.2 Å². The van der Waals surface area contributed by atoms with E-state index in [-0.39, 0.29) is 0 Å². The highest BCUT2D eigenvalue weighted by Gasteiger charge is 2.12. The lowest BCUT2D eigenvalue weighted by molar-refractivity contribution is 0.399. The Bertz CT molecular complexity index is 648. The minimum atomic E-state index is 1.00. The average molecular weight is 252 g/mol. The summed E-state index contributed by atoms with van der Waals surface area (Å²) in [4.78, 5) is 0. The Balaban J connectivity index is 0.000000637. The van der Waals surface area contributed by atoms with Crippen LogP contribution in [0, 0.1) is 0 Å². The largest absolute Gasteiger partial charge is 0.400 e. The summed E-state index contributed by atoms with van der Waals surface area (Å²) in [5.74, 6) is 0. The van der Waals surface area contributed by atoms with E-state index in [1.165, 1.54) is 33.1 Å². The molecule has 0 atom stereocenters. The quantitative estimate of drug-likeness (QED) is 0.788. The number of allylic oxidation sites excluding steroid dienone is 4. The van der Waals surface area contributed by atoms with Gasteiger partial charge in [0.25, 0.3) is 0 Å². The third-order valence-electron chi connectivity index (χ3n) is 3.49. The molecule has 0 amide bonds. The zero-order chi connectivity index (χ0) is 13.8. The van der Waals surface area contributed by atoms with Gasteiger partial charge >= 0.3 is 0 Å². The van der Waals surface area contributed by atoms with E-state index in [4.69, 9.17) is 5.11 Å². The van der Waals surface area contributed by atoms with E-state index in [1.54, 1.807) is 0 Å². The molecule has 98 valence electrons. The van der Waals surface area contributed by atoms with Crippen LogP contribution in [0.25, 0.3) is 16.3 Å². The molecule has 1 aliphatic rings. The minimum absolute atomic E-state index is 1.00. The Kier molecular flexibility index (Phi) is 4.18. The molecule has 0 unspecified atom stereocenters. The predicted octanol–water partition coefficient (Wildman–Crippen LogP) is 4.57. The van der Waals surface area contributed by atoms with Gasteiger partial charge in [0.15, 0.2) is 0 Å². The average Bonchev–Trinajstić information content (AvgIpc) is 2.79. The Morgan fingerprint density at radius 2 is 1.58 bits per heavy atom. The lowest BCUT2D eigenvalue weighted by Crippen LogP contribution is -1.84. The molecule has 0 saturated carbocycles. The molecule has 0 aliphatic heterocycles. The van der Waals surface area contributed by atoms with Gasteiger partial charge in [-0.1, -0.05) is 48.0 Å². The first-order valence-electron chi connectivity index (χ1n) is 6.55. The second kappa shape index (κ2) is 5.85. The summed E-state index contributed by atoms with van der Waals surface area (Å²) in [6.07, 6.45) is 3.40. The maximum atomic E-state index is 7.00. The molecule has 1 heteroatoms. The van der Waals surface area contributed by atoms with Gasteiger partial charge in [-0.15, -0.1) is 0 Å². The van der Waals surface area contributed by atoms with E-state index in [0.717, 1.165) is 13.5 Å². The first-order chi connectivity index (χ1) is 9.24. The normalized spacial score (nSPS) is 14.2. The maximum Gasteiger partial charge on any atom is 0.0319 e. The van der Waals surface area contributed by atoms with Crippen molar-refractivity contribution in [1.82, 2.24) is 0 Å². The third-order valence-corrected chi connectivity index (χ3v) is 3.49. The molecule has 19 heavy (non-hydrogen) atoms. The second-order valence-corrected chi connectivity index (χ2v) is 4.89. The van der Waals surface area contributed by atoms with Crippen LogP contribution < -0.4 is 0 Å². The number of benzene rings is 2. The van der Waals surface area contributed by atoms with Crippen LogP contribution in [0.5, 0.6) is 0 Å². The smallest absolute Gasteiger partial charge is 0.0319 e. The van der Waals surface area contributed by atoms with Crippen LogP contribution in [0.1, 0.15) is 25.8 Å². The number of hydrogen-bond donors (Lipinski definition) is 1. The van der Waals surface area contributed by atoms with E-state index in [0.29, 0.717) is 0 Å². The van der Waals surface area contributed by atoms with Gasteiger partial charge in [0.1, 0.15) is 0 Å². The van der Waals surface area contributed by atoms with Crippen molar-refractivity contribution >= 4 is 16.3 Å². The topological polar surface area (TPSA) is 20.2 Å². The highest BCUT2D eigenvalue weighted by atomic mass is 16.2. The van der Waals surface area contributed by atoms with Crippen molar-refractivity contribution in [2.45, 2.75) is 20.3 Å². The molecule has 0 heterocycles. The summed E-state index contributed by atoms with van der Waals surface area (Å²) >= 11 is 0. The molecule has 2 aromatic carbocycles. The molecule has 1 N–H and O–H groups in total. The van der Waals surface area contributed by atoms with Crippen molar-refractivity contribution < 1.29 is 5.11 Å². The fourth-order valence-electron chi connectivity index (χ4n) is 2.63. The van der Waals surface area contributed by atoms with Crippen molar-refractivity contribution in [2.75, 3.05) is 7.11 Å². The Labute approximate surface area is 114 Å². The van der Waals surface area contributed by atoms with Gasteiger partial charge in [-0.25, -0.2) is 0 Å². The number of hydrogen-bond acceptors (Lipinski definition) is 1. The molecule has 0 fully saturated rings. The minimum Gasteiger partial charge on any atom is -0.400 e. The standard InChI is InChI=1S/C17H16.CH4O/c1-12-9-13(2)17(10-12)16-8-7-14-5-3-4-6-15(14)11-16;1-2/h3-9,11H,10H2,1-2H3;2H,1H3. The van der Waals surface area contributed by atoms with Crippen LogP contribution >= 0.6 is 0 Å². The van der Waals surface area contributed by atoms with Gasteiger partial charge in [0, 0.05) is 7.11 Å². The second-order valence-electron chi connectivity index (χ2n) is 4.89. The molecule has 0 aromatic heterocycles. The molecule has 0 radical (unpaired) electrons. The van der Waals surface area contributed by atoms with Crippen molar-refractivity contribution in [2.24, 2.45) is 0 Å². The molecule has 0 saturated heterocycles. The lowest BCUT2D eigenvalue weighted by atomic mass is 9.98. The van der Waals surface area contributed by atoms with Gasteiger partial charge in [-0.3, -0.25) is 0 Å². The number of aliphatic hydroxyl groups is 1. The Hall–Kier alpha value is -1.86. The Morgan fingerprint density at radius 3 is 2.21 bits per heavy atom. The van der Waals surface area contributed by atoms with E-state index in [1.807, 2.05) is 0 Å². The van der Waals surface area contributed by atoms with Gasteiger partial charge in [-0.05, 0) is 53.8 Å². The van der Waals surface area contributed by atoms with Gasteiger partial charge in [0.05, 0.1) is 0 Å². The molecule has 1 aliphatic carbocycles. The monoisotopic (exact) mass is 252 g/mol. The molecule has 2 aromatic rings. The molecule has 0 spiro atoms. The van der Waals surface area contributed by atoms with Crippen LogP contribution in [0.4, 0.5) is 0 Å². The van der Waals surface area contributed by atoms with E-state index in [2.05, 4.69) is 62.4 Å². The van der Waals surface area contributed by atoms with Gasteiger partial charge < -0.3 is 5.11 Å². The molecule has 1 nitrogen and oxygen atoms in total. The summed E-state index contributed by atoms with van der Waals surface area (Å²) in [5.41, 5.74) is 5.73. The van der Waals surface area contributed by atoms with Crippen LogP contribution in [0.3, 0.4) is 0 Å². The van der Waals surface area contributed by atoms with Crippen molar-refractivity contribution in [3.05, 3.63) is 65.3 Å². The summed E-state index contributed by atoms with van der Waals surface area (Å²) in [6.45, 7) is 4.42. The highest BCUT2D eigenvalue weighted by molar-refractivity contribution is 5.87. The van der Waals surface area contributed by atoms with Gasteiger partial charge in [-0.2, -0.15) is 0 Å². The maximum absolute atomic E-state index is 7.00. The fraction of sp³-hybridized carbons (Fsp3) is 0.222. The zero-order valence-electron chi connectivity index (χ0n) is 11.8. The van der Waals surface area contributed by atoms with Crippen LogP contribution in [0.15, 0.2) is 59.7 Å². The van der Waals surface area contributed by atoms with E-state index in [9.17, 15) is 0 Å². The fourth-order valence-corrected chi connectivity index (χ4v) is 2.63. The number of fused-ring (bicyclic) bond motifs is 1. The summed E-state index contributed by atoms with van der Waals surface area (Å²) < 4.78 is 0. The number of aliphatic hydroxyl groups excluding tert-OH is 1. The summed E-state index contributed by atoms with van der Waals surface area (Å²) in [5, 5.41) is 9.65. The summed E-state index contributed by atoms with van der Waals surface area (Å²) in [6, 6.07) is 15.3. The first-order valence-corrected chi connectivity index (χ1v) is 6.55. The predicted molar refractivity (Wildman–Crippen MR) is 83.1 cm³/mol. The van der Waals surface area contributed by atoms with Crippen LogP contribution in [-0.2, 0) is 0 Å². The highest BCUT2D eigenvalue weighted by Crippen LogP contribution is 2.33. The van der Waals surface area contributed by atoms with Crippen LogP contribution in [0.2, 0.25) is 0 Å². The number of rotatable bonds is 1. The van der Waals surface area contributed by atoms with Gasteiger partial charge in [0.2, 0.25) is 0 Å². The van der Waals surface area contributed by atoms with Crippen molar-refractivity contribution in [1.29, 1.82) is 0 Å². The molecular formula is C18H20O. The summed E-state index contributed by atoms with van der Waals surface area (Å²) in [7, 11) is 1.00. The van der Waals surface area contributed by atoms with Crippen molar-refractivity contribution in [3.63, 3.8) is 0 Å².